The second kappa shape index (κ2) is 7.79. The van der Waals surface area contributed by atoms with Crippen LogP contribution in [0.15, 0.2) is 109 Å². The van der Waals surface area contributed by atoms with Crippen LogP contribution in [0.4, 0.5) is 0 Å². The average Bonchev–Trinajstić information content (AvgIpc) is 3.70. The molecule has 0 bridgehead atoms. The number of fused-ring (bicyclic) bond motifs is 9. The maximum absolute atomic E-state index is 4.61. The maximum atomic E-state index is 4.61. The molecule has 0 aliphatic heterocycles. The van der Waals surface area contributed by atoms with Gasteiger partial charge in [-0.1, -0.05) is 48.5 Å². The molecular weight excluding hydrogens is 470 g/mol. The van der Waals surface area contributed by atoms with E-state index in [1.807, 2.05) is 6.20 Å². The van der Waals surface area contributed by atoms with Crippen molar-refractivity contribution in [2.24, 2.45) is 0 Å². The summed E-state index contributed by atoms with van der Waals surface area (Å²) in [5, 5.41) is 12.0. The average molecular weight is 494 g/mol. The van der Waals surface area contributed by atoms with Crippen molar-refractivity contribution in [3.8, 4) is 22.3 Å². The standard InChI is InChI=1S/C33H23N3S/c1-2-35-29-9-4-3-8-25(29)27-19-23(10-12-30(27)35)21-6-5-7-22(18-21)24-11-13-31-28(20-24)26-15-17-37-33(26)32-14-16-34-36(31)32/h3-20H,2H2,1H3. The summed E-state index contributed by atoms with van der Waals surface area (Å²) in [4.78, 5) is 0. The molecule has 0 saturated heterocycles. The molecule has 3 nitrogen and oxygen atoms in total. The van der Waals surface area contributed by atoms with Gasteiger partial charge < -0.3 is 4.57 Å². The molecule has 0 amide bonds. The van der Waals surface area contributed by atoms with E-state index in [1.54, 1.807) is 11.3 Å². The lowest BCUT2D eigenvalue weighted by atomic mass is 9.96. The van der Waals surface area contributed by atoms with Gasteiger partial charge in [0.2, 0.25) is 0 Å². The van der Waals surface area contributed by atoms with E-state index in [-0.39, 0.29) is 0 Å². The zero-order valence-corrected chi connectivity index (χ0v) is 21.2. The van der Waals surface area contributed by atoms with E-state index >= 15 is 0 Å². The van der Waals surface area contributed by atoms with Crippen LogP contribution in [0.1, 0.15) is 6.92 Å². The molecule has 0 saturated carbocycles. The summed E-state index contributed by atoms with van der Waals surface area (Å²) in [7, 11) is 0. The summed E-state index contributed by atoms with van der Waals surface area (Å²) in [6.45, 7) is 3.18. The third-order valence-electron chi connectivity index (χ3n) is 7.67. The van der Waals surface area contributed by atoms with Crippen LogP contribution in [0.3, 0.4) is 0 Å². The van der Waals surface area contributed by atoms with Gasteiger partial charge in [0.15, 0.2) is 0 Å². The third kappa shape index (κ3) is 2.96. The lowest BCUT2D eigenvalue weighted by Crippen LogP contribution is -1.92. The fraction of sp³-hybridized carbons (Fsp3) is 0.0606. The second-order valence-corrected chi connectivity index (χ2v) is 10.5. The van der Waals surface area contributed by atoms with Crippen LogP contribution in [-0.4, -0.2) is 14.2 Å². The first-order chi connectivity index (χ1) is 18.3. The first kappa shape index (κ1) is 20.7. The van der Waals surface area contributed by atoms with Crippen molar-refractivity contribution < 1.29 is 0 Å². The second-order valence-electron chi connectivity index (χ2n) is 9.60. The van der Waals surface area contributed by atoms with Crippen molar-refractivity contribution >= 4 is 59.6 Å². The van der Waals surface area contributed by atoms with Gasteiger partial charge in [0, 0.05) is 39.1 Å². The maximum Gasteiger partial charge on any atom is 0.0847 e. The molecule has 0 aliphatic rings. The van der Waals surface area contributed by atoms with Crippen LogP contribution in [0.5, 0.6) is 0 Å². The Morgan fingerprint density at radius 1 is 0.595 bits per heavy atom. The summed E-state index contributed by atoms with van der Waals surface area (Å²) in [5.74, 6) is 0. The molecule has 0 N–H and O–H groups in total. The Hall–Kier alpha value is -4.41. The third-order valence-corrected chi connectivity index (χ3v) is 8.61. The minimum atomic E-state index is 0.961. The van der Waals surface area contributed by atoms with Gasteiger partial charge >= 0.3 is 0 Å². The lowest BCUT2D eigenvalue weighted by Gasteiger charge is -2.10. The Labute approximate surface area is 217 Å². The molecule has 4 aromatic heterocycles. The molecule has 4 heterocycles. The molecule has 0 unspecified atom stereocenters. The molecule has 0 spiro atoms. The smallest absolute Gasteiger partial charge is 0.0847 e. The van der Waals surface area contributed by atoms with Crippen molar-refractivity contribution in [1.82, 2.24) is 14.2 Å². The molecule has 0 atom stereocenters. The van der Waals surface area contributed by atoms with Crippen LogP contribution in [0.25, 0.3) is 70.6 Å². The predicted molar refractivity (Wildman–Crippen MR) is 158 cm³/mol. The van der Waals surface area contributed by atoms with Crippen LogP contribution in [0, 0.1) is 0 Å². The minimum absolute atomic E-state index is 0.961. The zero-order valence-electron chi connectivity index (χ0n) is 20.3. The number of nitrogens with zero attached hydrogens (tertiary/aromatic N) is 3. The van der Waals surface area contributed by atoms with Gasteiger partial charge in [-0.2, -0.15) is 5.10 Å². The van der Waals surface area contributed by atoms with Gasteiger partial charge in [-0.25, -0.2) is 4.52 Å². The largest absolute Gasteiger partial charge is 0.341 e. The number of aromatic nitrogens is 3. The molecule has 8 aromatic rings. The number of para-hydroxylation sites is 1. The van der Waals surface area contributed by atoms with Crippen molar-refractivity contribution in [3.05, 3.63) is 109 Å². The summed E-state index contributed by atoms with van der Waals surface area (Å²) in [6.07, 6.45) is 1.89. The Balaban J connectivity index is 1.29. The highest BCUT2D eigenvalue weighted by Crippen LogP contribution is 2.37. The van der Waals surface area contributed by atoms with E-state index in [0.717, 1.165) is 12.1 Å². The van der Waals surface area contributed by atoms with Crippen LogP contribution >= 0.6 is 11.3 Å². The van der Waals surface area contributed by atoms with E-state index in [0.29, 0.717) is 0 Å². The first-order valence-corrected chi connectivity index (χ1v) is 13.6. The molecule has 8 rings (SSSR count). The van der Waals surface area contributed by atoms with Gasteiger partial charge in [0.25, 0.3) is 0 Å². The number of thiophene rings is 1. The van der Waals surface area contributed by atoms with Gasteiger partial charge in [0.1, 0.15) is 0 Å². The van der Waals surface area contributed by atoms with Gasteiger partial charge in [-0.05, 0) is 83.1 Å². The monoisotopic (exact) mass is 493 g/mol. The van der Waals surface area contributed by atoms with Crippen molar-refractivity contribution in [2.45, 2.75) is 13.5 Å². The normalized spacial score (nSPS) is 12.0. The van der Waals surface area contributed by atoms with Gasteiger partial charge in [0.05, 0.1) is 21.9 Å². The predicted octanol–water partition coefficient (Wildman–Crippen LogP) is 9.16. The van der Waals surface area contributed by atoms with E-state index in [4.69, 9.17) is 0 Å². The molecule has 176 valence electrons. The highest BCUT2D eigenvalue weighted by Gasteiger charge is 2.13. The summed E-state index contributed by atoms with van der Waals surface area (Å²) < 4.78 is 5.76. The molecule has 0 aliphatic carbocycles. The summed E-state index contributed by atoms with van der Waals surface area (Å²) in [5.41, 5.74) is 9.83. The number of pyridine rings is 1. The number of aryl methyl sites for hydroxylation is 1. The number of benzene rings is 4. The molecule has 0 radical (unpaired) electrons. The topological polar surface area (TPSA) is 22.2 Å². The summed E-state index contributed by atoms with van der Waals surface area (Å²) in [6, 6.07) is 35.6. The minimum Gasteiger partial charge on any atom is -0.341 e. The molecule has 4 heteroatoms. The molecule has 0 fully saturated rings. The number of hydrogen-bond acceptors (Lipinski definition) is 2. The first-order valence-electron chi connectivity index (χ1n) is 12.7. The van der Waals surface area contributed by atoms with E-state index in [2.05, 4.69) is 124 Å². The number of hydrogen-bond donors (Lipinski definition) is 0. The fourth-order valence-electron chi connectivity index (χ4n) is 5.96. The molecule has 37 heavy (non-hydrogen) atoms. The Morgan fingerprint density at radius 2 is 1.30 bits per heavy atom. The van der Waals surface area contributed by atoms with E-state index < -0.39 is 0 Å². The molecule has 4 aromatic carbocycles. The van der Waals surface area contributed by atoms with E-state index in [9.17, 15) is 0 Å². The summed E-state index contributed by atoms with van der Waals surface area (Å²) >= 11 is 1.78. The Kier molecular flexibility index (Phi) is 4.37. The van der Waals surface area contributed by atoms with Crippen LogP contribution < -0.4 is 0 Å². The lowest BCUT2D eigenvalue weighted by molar-refractivity contribution is 0.827. The zero-order chi connectivity index (χ0) is 24.5. The van der Waals surface area contributed by atoms with Crippen molar-refractivity contribution in [2.75, 3.05) is 0 Å². The SMILES string of the molecule is CCn1c2ccccc2c2cc(-c3cccc(-c4ccc5c(c4)c4ccsc4c4ccnn54)c3)ccc21. The number of rotatable bonds is 3. The Morgan fingerprint density at radius 3 is 2.11 bits per heavy atom. The Bertz CT molecular complexity index is 2140. The van der Waals surface area contributed by atoms with Crippen molar-refractivity contribution in [3.63, 3.8) is 0 Å². The quantitative estimate of drug-likeness (QED) is 0.240. The van der Waals surface area contributed by atoms with E-state index in [1.165, 1.54) is 65.0 Å². The van der Waals surface area contributed by atoms with Gasteiger partial charge in [-0.15, -0.1) is 11.3 Å². The van der Waals surface area contributed by atoms with Crippen LogP contribution in [-0.2, 0) is 6.54 Å². The van der Waals surface area contributed by atoms with Crippen molar-refractivity contribution in [1.29, 1.82) is 0 Å². The van der Waals surface area contributed by atoms with Crippen LogP contribution in [0.2, 0.25) is 0 Å². The highest BCUT2D eigenvalue weighted by atomic mass is 32.1. The highest BCUT2D eigenvalue weighted by molar-refractivity contribution is 7.18. The fourth-order valence-corrected chi connectivity index (χ4v) is 6.88. The van der Waals surface area contributed by atoms with Gasteiger partial charge in [-0.3, -0.25) is 0 Å². The molecular formula is C33H23N3S.